The van der Waals surface area contributed by atoms with E-state index in [1.807, 2.05) is 20.0 Å². The van der Waals surface area contributed by atoms with Crippen molar-refractivity contribution < 1.29 is 4.39 Å². The Hall–Kier alpha value is -1.75. The predicted molar refractivity (Wildman–Crippen MR) is 62.7 cm³/mol. The van der Waals surface area contributed by atoms with Gasteiger partial charge in [-0.25, -0.2) is 4.39 Å². The zero-order valence-electron chi connectivity index (χ0n) is 9.89. The van der Waals surface area contributed by atoms with Crippen LogP contribution in [0.4, 0.5) is 4.39 Å². The smallest absolute Gasteiger partial charge is 0.123 e. The highest BCUT2D eigenvalue weighted by Crippen LogP contribution is 2.13. The molecule has 0 aliphatic carbocycles. The van der Waals surface area contributed by atoms with Crippen LogP contribution in [0, 0.1) is 5.82 Å². The van der Waals surface area contributed by atoms with Gasteiger partial charge in [-0.05, 0) is 24.6 Å². The van der Waals surface area contributed by atoms with E-state index in [-0.39, 0.29) is 11.9 Å². The van der Waals surface area contributed by atoms with E-state index in [1.54, 1.807) is 23.0 Å². The second-order valence-corrected chi connectivity index (χ2v) is 4.01. The summed E-state index contributed by atoms with van der Waals surface area (Å²) in [5.41, 5.74) is 1.92. The number of aromatic nitrogens is 3. The Bertz CT molecular complexity index is 495. The molecule has 0 spiro atoms. The Balaban J connectivity index is 1.98. The molecule has 90 valence electrons. The fraction of sp³-hybridized carbons (Fsp3) is 0.333. The lowest BCUT2D eigenvalue weighted by Gasteiger charge is -2.14. The first-order valence-corrected chi connectivity index (χ1v) is 5.49. The highest BCUT2D eigenvalue weighted by atomic mass is 19.1. The maximum atomic E-state index is 13.1. The van der Waals surface area contributed by atoms with Gasteiger partial charge in [-0.15, -0.1) is 5.10 Å². The maximum Gasteiger partial charge on any atom is 0.123 e. The standard InChI is InChI=1S/C12H15FN4/c1-9(10-4-3-5-11(13)6-10)14-7-12-8-15-16-17(12)2/h3-6,8-9,14H,7H2,1-2H3/t9-/m1/s1. The lowest BCUT2D eigenvalue weighted by atomic mass is 10.1. The molecule has 0 bridgehead atoms. The van der Waals surface area contributed by atoms with Crippen LogP contribution in [0.3, 0.4) is 0 Å². The van der Waals surface area contributed by atoms with Crippen LogP contribution < -0.4 is 5.32 Å². The first-order chi connectivity index (χ1) is 8.16. The molecule has 17 heavy (non-hydrogen) atoms. The van der Waals surface area contributed by atoms with Crippen LogP contribution in [-0.4, -0.2) is 15.0 Å². The molecule has 0 aliphatic rings. The van der Waals surface area contributed by atoms with Crippen LogP contribution in [-0.2, 0) is 13.6 Å². The van der Waals surface area contributed by atoms with Gasteiger partial charge in [0.2, 0.25) is 0 Å². The second kappa shape index (κ2) is 5.05. The Morgan fingerprint density at radius 3 is 2.94 bits per heavy atom. The van der Waals surface area contributed by atoms with Crippen molar-refractivity contribution >= 4 is 0 Å². The van der Waals surface area contributed by atoms with E-state index in [4.69, 9.17) is 0 Å². The minimum Gasteiger partial charge on any atom is -0.305 e. The van der Waals surface area contributed by atoms with E-state index in [2.05, 4.69) is 15.6 Å². The van der Waals surface area contributed by atoms with E-state index < -0.39 is 0 Å². The molecule has 0 amide bonds. The third-order valence-electron chi connectivity index (χ3n) is 2.75. The number of benzene rings is 1. The minimum atomic E-state index is -0.210. The molecule has 1 aromatic carbocycles. The van der Waals surface area contributed by atoms with Gasteiger partial charge in [-0.3, -0.25) is 4.68 Å². The van der Waals surface area contributed by atoms with Crippen LogP contribution >= 0.6 is 0 Å². The van der Waals surface area contributed by atoms with Crippen LogP contribution in [0.25, 0.3) is 0 Å². The average Bonchev–Trinajstić information content (AvgIpc) is 2.72. The molecule has 0 unspecified atom stereocenters. The van der Waals surface area contributed by atoms with Crippen molar-refractivity contribution in [3.63, 3.8) is 0 Å². The molecule has 2 aromatic rings. The highest BCUT2D eigenvalue weighted by molar-refractivity contribution is 5.19. The molecule has 1 aromatic heterocycles. The molecule has 0 saturated heterocycles. The molecule has 0 radical (unpaired) electrons. The molecule has 2 rings (SSSR count). The molecule has 4 nitrogen and oxygen atoms in total. The maximum absolute atomic E-state index is 13.1. The number of halogens is 1. The number of hydrogen-bond acceptors (Lipinski definition) is 3. The number of aryl methyl sites for hydroxylation is 1. The minimum absolute atomic E-state index is 0.0839. The lowest BCUT2D eigenvalue weighted by molar-refractivity contribution is 0.541. The largest absolute Gasteiger partial charge is 0.305 e. The lowest BCUT2D eigenvalue weighted by Crippen LogP contribution is -2.19. The van der Waals surface area contributed by atoms with Gasteiger partial charge in [0.1, 0.15) is 5.82 Å². The highest BCUT2D eigenvalue weighted by Gasteiger charge is 2.07. The molecular weight excluding hydrogens is 219 g/mol. The van der Waals surface area contributed by atoms with Crippen molar-refractivity contribution in [2.75, 3.05) is 0 Å². The molecule has 0 saturated carbocycles. The van der Waals surface area contributed by atoms with Gasteiger partial charge < -0.3 is 5.32 Å². The van der Waals surface area contributed by atoms with Crippen molar-refractivity contribution in [3.05, 3.63) is 47.5 Å². The summed E-state index contributed by atoms with van der Waals surface area (Å²) >= 11 is 0. The van der Waals surface area contributed by atoms with Crippen LogP contribution in [0.1, 0.15) is 24.2 Å². The predicted octanol–water partition coefficient (Wildman–Crippen LogP) is 1.80. The van der Waals surface area contributed by atoms with Gasteiger partial charge in [0.05, 0.1) is 11.9 Å². The molecule has 0 fully saturated rings. The van der Waals surface area contributed by atoms with Crippen LogP contribution in [0.15, 0.2) is 30.5 Å². The van der Waals surface area contributed by atoms with Crippen molar-refractivity contribution in [1.29, 1.82) is 0 Å². The Morgan fingerprint density at radius 2 is 2.29 bits per heavy atom. The van der Waals surface area contributed by atoms with Gasteiger partial charge in [-0.2, -0.15) is 0 Å². The van der Waals surface area contributed by atoms with Crippen LogP contribution in [0.5, 0.6) is 0 Å². The molecule has 1 heterocycles. The van der Waals surface area contributed by atoms with Crippen LogP contribution in [0.2, 0.25) is 0 Å². The number of hydrogen-bond donors (Lipinski definition) is 1. The van der Waals surface area contributed by atoms with E-state index in [9.17, 15) is 4.39 Å². The number of nitrogens with one attached hydrogen (secondary N) is 1. The monoisotopic (exact) mass is 234 g/mol. The summed E-state index contributed by atoms with van der Waals surface area (Å²) in [5.74, 6) is -0.210. The van der Waals surface area contributed by atoms with Crippen molar-refractivity contribution in [3.8, 4) is 0 Å². The molecule has 1 atom stereocenters. The second-order valence-electron chi connectivity index (χ2n) is 4.01. The fourth-order valence-electron chi connectivity index (χ4n) is 1.62. The zero-order valence-corrected chi connectivity index (χ0v) is 9.89. The topological polar surface area (TPSA) is 42.7 Å². The molecule has 0 aliphatic heterocycles. The van der Waals surface area contributed by atoms with E-state index in [0.29, 0.717) is 6.54 Å². The molecular formula is C12H15FN4. The zero-order chi connectivity index (χ0) is 12.3. The van der Waals surface area contributed by atoms with Gasteiger partial charge in [0.25, 0.3) is 0 Å². The SMILES string of the molecule is C[C@@H](NCc1cnnn1C)c1cccc(F)c1. The van der Waals surface area contributed by atoms with Crippen molar-refractivity contribution in [1.82, 2.24) is 20.3 Å². The first kappa shape index (κ1) is 11.7. The summed E-state index contributed by atoms with van der Waals surface area (Å²) in [6, 6.07) is 6.69. The summed E-state index contributed by atoms with van der Waals surface area (Å²) in [7, 11) is 1.84. The summed E-state index contributed by atoms with van der Waals surface area (Å²) < 4.78 is 14.8. The van der Waals surface area contributed by atoms with E-state index in [0.717, 1.165) is 11.3 Å². The quantitative estimate of drug-likeness (QED) is 0.877. The van der Waals surface area contributed by atoms with E-state index >= 15 is 0 Å². The Kier molecular flexibility index (Phi) is 3.49. The Morgan fingerprint density at radius 1 is 1.47 bits per heavy atom. The third-order valence-corrected chi connectivity index (χ3v) is 2.75. The summed E-state index contributed by atoms with van der Waals surface area (Å²) in [4.78, 5) is 0. The first-order valence-electron chi connectivity index (χ1n) is 5.49. The Labute approximate surface area is 99.5 Å². The van der Waals surface area contributed by atoms with E-state index in [1.165, 1.54) is 6.07 Å². The number of nitrogens with zero attached hydrogens (tertiary/aromatic N) is 3. The molecule has 1 N–H and O–H groups in total. The average molecular weight is 234 g/mol. The van der Waals surface area contributed by atoms with Crippen molar-refractivity contribution in [2.45, 2.75) is 19.5 Å². The number of rotatable bonds is 4. The van der Waals surface area contributed by atoms with Gasteiger partial charge in [0.15, 0.2) is 0 Å². The summed E-state index contributed by atoms with van der Waals surface area (Å²) in [6.07, 6.45) is 1.71. The molecule has 5 heteroatoms. The third kappa shape index (κ3) is 2.88. The van der Waals surface area contributed by atoms with Gasteiger partial charge in [-0.1, -0.05) is 17.3 Å². The fourth-order valence-corrected chi connectivity index (χ4v) is 1.62. The van der Waals surface area contributed by atoms with Gasteiger partial charge in [0, 0.05) is 19.6 Å². The summed E-state index contributed by atoms with van der Waals surface area (Å²) in [5, 5.41) is 10.9. The van der Waals surface area contributed by atoms with Gasteiger partial charge >= 0.3 is 0 Å². The normalized spacial score (nSPS) is 12.6. The summed E-state index contributed by atoms with van der Waals surface area (Å²) in [6.45, 7) is 2.65. The van der Waals surface area contributed by atoms with Crippen molar-refractivity contribution in [2.24, 2.45) is 7.05 Å².